The minimum atomic E-state index is -1.04. The first kappa shape index (κ1) is 22.7. The van der Waals surface area contributed by atoms with E-state index in [1.165, 1.54) is 0 Å². The third-order valence-electron chi connectivity index (χ3n) is 2.50. The van der Waals surface area contributed by atoms with Gasteiger partial charge in [0, 0.05) is 0 Å². The van der Waals surface area contributed by atoms with Gasteiger partial charge in [0.2, 0.25) is 0 Å². The molecule has 1 rings (SSSR count). The first-order valence-electron chi connectivity index (χ1n) is 8.45. The Morgan fingerprint density at radius 2 is 1.38 bits per heavy atom. The molecule has 26 heavy (non-hydrogen) atoms. The molecule has 0 saturated carbocycles. The Morgan fingerprint density at radius 3 is 1.77 bits per heavy atom. The quantitative estimate of drug-likeness (QED) is 0.614. The van der Waals surface area contributed by atoms with Gasteiger partial charge in [-0.05, 0) is 0 Å². The molecule has 1 aromatic heterocycles. The molecule has 2 radical (unpaired) electrons. The van der Waals surface area contributed by atoms with Crippen molar-refractivity contribution in [1.82, 2.24) is 9.97 Å². The summed E-state index contributed by atoms with van der Waals surface area (Å²) in [5, 5.41) is 0. The molecule has 0 aliphatic carbocycles. The molecule has 1 heterocycles. The van der Waals surface area contributed by atoms with E-state index in [-0.39, 0.29) is 9.38 Å². The monoisotopic (exact) mass is 471 g/mol. The average Bonchev–Trinajstić information content (AvgIpc) is 2.32. The Bertz CT molecular complexity index is 630. The van der Waals surface area contributed by atoms with E-state index < -0.39 is 44.5 Å². The summed E-state index contributed by atoms with van der Waals surface area (Å²) in [4.78, 5) is 34.6. The van der Waals surface area contributed by atoms with Gasteiger partial charge in [-0.2, -0.15) is 0 Å². The first-order chi connectivity index (χ1) is 11.6. The molecule has 0 aliphatic rings. The van der Waals surface area contributed by atoms with Gasteiger partial charge in [0.25, 0.3) is 0 Å². The SMILES string of the molecule is CC(C)(C)OC(=O)N(C(=O)OC(C)(C)C)c1ncc[c]([Sn][C](C)(C)C)n1. The zero-order chi connectivity index (χ0) is 20.3. The van der Waals surface area contributed by atoms with Crippen LogP contribution in [-0.4, -0.2) is 54.5 Å². The summed E-state index contributed by atoms with van der Waals surface area (Å²) in [6, 6.07) is 1.84. The van der Waals surface area contributed by atoms with Crippen LogP contribution in [0.5, 0.6) is 0 Å². The fourth-order valence-electron chi connectivity index (χ4n) is 1.76. The van der Waals surface area contributed by atoms with Crippen molar-refractivity contribution in [1.29, 1.82) is 0 Å². The molecule has 0 atom stereocenters. The molecule has 2 amide bonds. The molecule has 0 aromatic carbocycles. The molecule has 0 aliphatic heterocycles. The topological polar surface area (TPSA) is 81.6 Å². The van der Waals surface area contributed by atoms with Gasteiger partial charge in [0.1, 0.15) is 0 Å². The summed E-state index contributed by atoms with van der Waals surface area (Å²) in [5.74, 6) is -0.0175. The summed E-state index contributed by atoms with van der Waals surface area (Å²) in [7, 11) is 0. The van der Waals surface area contributed by atoms with Gasteiger partial charge in [0.05, 0.1) is 0 Å². The van der Waals surface area contributed by atoms with Crippen LogP contribution >= 0.6 is 0 Å². The van der Waals surface area contributed by atoms with Crippen LogP contribution in [0.4, 0.5) is 15.5 Å². The molecule has 8 heteroatoms. The maximum absolute atomic E-state index is 12.6. The molecule has 144 valence electrons. The molecular formula is C18H29N3O4Sn. The number of carbonyl (C=O) groups is 2. The first-order valence-corrected chi connectivity index (χ1v) is 11.3. The van der Waals surface area contributed by atoms with Crippen molar-refractivity contribution in [2.45, 2.75) is 76.9 Å². The Hall–Kier alpha value is -1.38. The van der Waals surface area contributed by atoms with E-state index in [2.05, 4.69) is 30.7 Å². The summed E-state index contributed by atoms with van der Waals surface area (Å²) in [6.07, 6.45) is -0.151. The second-order valence-corrected chi connectivity index (χ2v) is 15.4. The maximum atomic E-state index is 12.6. The van der Waals surface area contributed by atoms with Gasteiger partial charge in [-0.3, -0.25) is 0 Å². The van der Waals surface area contributed by atoms with Gasteiger partial charge in [-0.25, -0.2) is 0 Å². The summed E-state index contributed by atoms with van der Waals surface area (Å²) in [6.45, 7) is 16.8. The summed E-state index contributed by atoms with van der Waals surface area (Å²) < 4.78 is 11.8. The second-order valence-electron chi connectivity index (χ2n) is 8.91. The minimum absolute atomic E-state index is 0.0175. The van der Waals surface area contributed by atoms with Crippen LogP contribution in [0.1, 0.15) is 62.3 Å². The third kappa shape index (κ3) is 8.33. The molecule has 0 fully saturated rings. The van der Waals surface area contributed by atoms with Crippen molar-refractivity contribution >= 4 is 43.0 Å². The second kappa shape index (κ2) is 8.10. The van der Waals surface area contributed by atoms with Crippen LogP contribution in [0.25, 0.3) is 0 Å². The van der Waals surface area contributed by atoms with E-state index >= 15 is 0 Å². The van der Waals surface area contributed by atoms with Crippen LogP contribution in [0, 0.1) is 0 Å². The molecule has 7 nitrogen and oxygen atoms in total. The number of ether oxygens (including phenoxy) is 2. The van der Waals surface area contributed by atoms with E-state index in [1.54, 1.807) is 47.7 Å². The Kier molecular flexibility index (Phi) is 7.06. The third-order valence-corrected chi connectivity index (χ3v) is 6.16. The van der Waals surface area contributed by atoms with Crippen LogP contribution in [0.3, 0.4) is 0 Å². The molecular weight excluding hydrogens is 441 g/mol. The summed E-state index contributed by atoms with van der Waals surface area (Å²) in [5.41, 5.74) is -1.53. The molecule has 0 saturated heterocycles. The van der Waals surface area contributed by atoms with Gasteiger partial charge in [0.15, 0.2) is 0 Å². The average molecular weight is 470 g/mol. The van der Waals surface area contributed by atoms with Crippen LogP contribution in [0.2, 0.25) is 3.43 Å². The molecule has 1 aromatic rings. The number of amides is 2. The van der Waals surface area contributed by atoms with Gasteiger partial charge < -0.3 is 0 Å². The van der Waals surface area contributed by atoms with Crippen molar-refractivity contribution in [3.63, 3.8) is 0 Å². The molecule has 0 spiro atoms. The predicted octanol–water partition coefficient (Wildman–Crippen LogP) is 3.70. The zero-order valence-corrected chi connectivity index (χ0v) is 20.0. The predicted molar refractivity (Wildman–Crippen MR) is 102 cm³/mol. The Labute approximate surface area is 166 Å². The Morgan fingerprint density at radius 1 is 0.923 bits per heavy atom. The van der Waals surface area contributed by atoms with Crippen molar-refractivity contribution in [3.8, 4) is 0 Å². The molecule has 0 unspecified atom stereocenters. The number of rotatable bonds is 2. The van der Waals surface area contributed by atoms with Crippen molar-refractivity contribution in [2.75, 3.05) is 4.90 Å². The van der Waals surface area contributed by atoms with Crippen LogP contribution < -0.4 is 8.61 Å². The van der Waals surface area contributed by atoms with Crippen molar-refractivity contribution in [2.24, 2.45) is 0 Å². The van der Waals surface area contributed by atoms with Crippen LogP contribution in [-0.2, 0) is 9.47 Å². The van der Waals surface area contributed by atoms with Crippen LogP contribution in [0.15, 0.2) is 12.3 Å². The number of nitrogens with zero attached hydrogens (tertiary/aromatic N) is 3. The van der Waals surface area contributed by atoms with Gasteiger partial charge in [-0.15, -0.1) is 0 Å². The van der Waals surface area contributed by atoms with E-state index in [1.807, 2.05) is 6.07 Å². The number of hydrogen-bond donors (Lipinski definition) is 0. The van der Waals surface area contributed by atoms with E-state index in [4.69, 9.17) is 9.47 Å². The van der Waals surface area contributed by atoms with E-state index in [0.29, 0.717) is 0 Å². The van der Waals surface area contributed by atoms with Gasteiger partial charge >= 0.3 is 166 Å². The van der Waals surface area contributed by atoms with E-state index in [9.17, 15) is 9.59 Å². The number of aromatic nitrogens is 2. The van der Waals surface area contributed by atoms with Gasteiger partial charge in [-0.1, -0.05) is 0 Å². The van der Waals surface area contributed by atoms with Crippen molar-refractivity contribution in [3.05, 3.63) is 12.3 Å². The zero-order valence-electron chi connectivity index (χ0n) is 17.1. The molecule has 0 bridgehead atoms. The number of imide groups is 1. The molecule has 0 N–H and O–H groups in total. The normalized spacial score (nSPS) is 12.5. The standard InChI is InChI=1S/C14H20N3O4.C4H9.Sn/c1-13(2,3)20-11(18)17(10-15-8-7-9-16-10)12(19)21-14(4,5)6;1-4(2)3;/h7-8H,1-6H3;1-3H3;. The Balaban J connectivity index is 3.25. The number of carbonyl (C=O) groups excluding carboxylic acids is 2. The summed E-state index contributed by atoms with van der Waals surface area (Å²) >= 11 is -1.04. The fourth-order valence-corrected chi connectivity index (χ4v) is 4.85. The number of anilines is 1. The fraction of sp³-hybridized carbons (Fsp3) is 0.667. The van der Waals surface area contributed by atoms with E-state index in [0.717, 1.165) is 8.61 Å². The number of hydrogen-bond acceptors (Lipinski definition) is 6. The van der Waals surface area contributed by atoms with Crippen molar-refractivity contribution < 1.29 is 19.1 Å².